The number of aromatic nitrogens is 2. The molecule has 0 bridgehead atoms. The number of aryl methyl sites for hydroxylation is 1. The maximum atomic E-state index is 15.7. The van der Waals surface area contributed by atoms with E-state index in [2.05, 4.69) is 83.0 Å². The molecule has 7 saturated carbocycles. The van der Waals surface area contributed by atoms with E-state index in [0.717, 1.165) is 70.3 Å². The van der Waals surface area contributed by atoms with Crippen molar-refractivity contribution < 1.29 is 24.2 Å². The van der Waals surface area contributed by atoms with Gasteiger partial charge in [-0.15, -0.1) is 0 Å². The third-order valence-electron chi connectivity index (χ3n) is 22.6. The van der Waals surface area contributed by atoms with Crippen molar-refractivity contribution in [2.45, 2.75) is 191 Å². The van der Waals surface area contributed by atoms with Crippen molar-refractivity contribution in [3.05, 3.63) is 18.2 Å². The molecular weight excluding hydrogens is 723 g/mol. The molecule has 7 aliphatic carbocycles. The van der Waals surface area contributed by atoms with E-state index in [1.165, 1.54) is 38.5 Å². The maximum absolute atomic E-state index is 15.7. The van der Waals surface area contributed by atoms with Crippen LogP contribution in [0.25, 0.3) is 0 Å². The van der Waals surface area contributed by atoms with Crippen LogP contribution in [0.1, 0.15) is 171 Å². The van der Waals surface area contributed by atoms with Gasteiger partial charge in [-0.3, -0.25) is 14.4 Å². The zero-order valence-corrected chi connectivity index (χ0v) is 38.1. The third-order valence-corrected chi connectivity index (χ3v) is 22.6. The number of hydrogen-bond donors (Lipinski definition) is 1. The summed E-state index contributed by atoms with van der Waals surface area (Å²) in [6.45, 7) is 28.4. The molecule has 8 nitrogen and oxygen atoms in total. The van der Waals surface area contributed by atoms with Gasteiger partial charge in [0.15, 0.2) is 0 Å². The highest BCUT2D eigenvalue weighted by Crippen LogP contribution is 2.85. The van der Waals surface area contributed by atoms with Crippen LogP contribution in [0.15, 0.2) is 12.4 Å². The van der Waals surface area contributed by atoms with Crippen LogP contribution in [0.4, 0.5) is 0 Å². The Morgan fingerprint density at radius 1 is 0.741 bits per heavy atom. The molecule has 1 aliphatic heterocycles. The number of nitrogens with zero attached hydrogens (tertiary/aromatic N) is 3. The van der Waals surface area contributed by atoms with Crippen LogP contribution in [0.5, 0.6) is 0 Å². The highest BCUT2D eigenvalue weighted by molar-refractivity contribution is 5.85. The van der Waals surface area contributed by atoms with Crippen molar-refractivity contribution in [2.75, 3.05) is 6.54 Å². The smallest absolute Gasteiger partial charge is 0.309 e. The highest BCUT2D eigenvalue weighted by atomic mass is 16.5. The van der Waals surface area contributed by atoms with E-state index in [-0.39, 0.29) is 61.9 Å². The average Bonchev–Trinajstić information content (AvgIpc) is 3.41. The topological polar surface area (TPSA) is 102 Å². The molecule has 1 saturated heterocycles. The Labute approximate surface area is 349 Å². The number of esters is 1. The first-order chi connectivity index (χ1) is 27.0. The number of carbonyl (C=O) groups is 3. The van der Waals surface area contributed by atoms with Gasteiger partial charge in [0.25, 0.3) is 0 Å². The monoisotopic (exact) mass is 800 g/mol. The molecule has 58 heavy (non-hydrogen) atoms. The molecule has 0 spiro atoms. The second kappa shape index (κ2) is 12.6. The van der Waals surface area contributed by atoms with Gasteiger partial charge in [0.1, 0.15) is 11.9 Å². The number of carboxylic acids is 1. The van der Waals surface area contributed by atoms with Gasteiger partial charge in [-0.2, -0.15) is 0 Å². The lowest BCUT2D eigenvalue weighted by atomic mass is 9.26. The summed E-state index contributed by atoms with van der Waals surface area (Å²) in [6, 6.07) is 0.241. The summed E-state index contributed by atoms with van der Waals surface area (Å²) >= 11 is 0. The lowest BCUT2D eigenvalue weighted by Crippen LogP contribution is -2.73. The third kappa shape index (κ3) is 4.93. The Bertz CT molecular complexity index is 1880. The van der Waals surface area contributed by atoms with Gasteiger partial charge in [0.2, 0.25) is 5.91 Å². The number of amides is 1. The first-order valence-corrected chi connectivity index (χ1v) is 23.7. The van der Waals surface area contributed by atoms with Crippen LogP contribution in [0.2, 0.25) is 0 Å². The molecule has 322 valence electrons. The molecular formula is C50H77N3O5. The predicted octanol–water partition coefficient (Wildman–Crippen LogP) is 10.5. The summed E-state index contributed by atoms with van der Waals surface area (Å²) in [5.74, 6) is 1.18. The summed E-state index contributed by atoms with van der Waals surface area (Å²) in [7, 11) is 0. The molecule has 1 aromatic rings. The van der Waals surface area contributed by atoms with Crippen molar-refractivity contribution in [2.24, 2.45) is 78.3 Å². The standard InChI is InChI=1S/C50H77N3O5/c1-31-51-26-28-52(31)30-32-13-12-27-53(32)41(57)50-21-16-36(44(6)22-23-44)49(50,11)37-15-20-47(9)45(7)18-17-38(58-40(56)34-29-33(39(54)55)42(34,2)3)43(4,5)35(45)14-19-48(47,10)46(37,8)24-25-50/h26,28,32-38H,12-25,27,29-30H2,1-11H3,(H,54,55)/t32-,33-,34+,35-,36-,37-,38-,45-,46+,47+,48-,49+,50+/m0/s1. The van der Waals surface area contributed by atoms with E-state index in [1.54, 1.807) is 0 Å². The number of carbonyl (C=O) groups excluding carboxylic acids is 2. The number of rotatable bonds is 7. The van der Waals surface area contributed by atoms with Crippen molar-refractivity contribution in [3.8, 4) is 0 Å². The van der Waals surface area contributed by atoms with Crippen LogP contribution in [0.3, 0.4) is 0 Å². The quantitative estimate of drug-likeness (QED) is 0.276. The van der Waals surface area contributed by atoms with Gasteiger partial charge in [-0.25, -0.2) is 4.98 Å². The van der Waals surface area contributed by atoms with Crippen LogP contribution in [-0.2, 0) is 25.7 Å². The van der Waals surface area contributed by atoms with Gasteiger partial charge in [-0.05, 0) is 159 Å². The van der Waals surface area contributed by atoms with Gasteiger partial charge in [-0.1, -0.05) is 69.2 Å². The van der Waals surface area contributed by atoms with Crippen molar-refractivity contribution >= 4 is 17.8 Å². The van der Waals surface area contributed by atoms with Gasteiger partial charge < -0.3 is 19.3 Å². The summed E-state index contributed by atoms with van der Waals surface area (Å²) in [5.41, 5.74) is -0.354. The molecule has 1 N–H and O–H groups in total. The van der Waals surface area contributed by atoms with E-state index >= 15 is 4.79 Å². The SMILES string of the molecule is Cc1nccn1C[C@@H]1CCCN1C(=O)[C@]12CC[C@@H](C3(C)CC3)[C@]1(C)[C@H]1CC[C@@]3(C)[C@@](C)(CC[C@H]4C(C)(C)[C@@H](OC(=O)[C@H]5C[C@@H](C(=O)O)C5(C)C)CC[C@@]43C)[C@]1(C)CC2. The Hall–Kier alpha value is -2.38. The Morgan fingerprint density at radius 2 is 1.38 bits per heavy atom. The van der Waals surface area contributed by atoms with Gasteiger partial charge in [0.05, 0.1) is 17.3 Å². The van der Waals surface area contributed by atoms with Crippen LogP contribution in [0, 0.1) is 85.2 Å². The van der Waals surface area contributed by atoms with Gasteiger partial charge >= 0.3 is 11.9 Å². The molecule has 8 heteroatoms. The van der Waals surface area contributed by atoms with E-state index in [4.69, 9.17) is 4.74 Å². The summed E-state index contributed by atoms with van der Waals surface area (Å²) in [5, 5.41) is 9.74. The molecule has 0 unspecified atom stereocenters. The second-order valence-electron chi connectivity index (χ2n) is 24.5. The molecule has 1 aromatic heterocycles. The fraction of sp³-hybridized carbons (Fsp3) is 0.880. The lowest BCUT2D eigenvalue weighted by Gasteiger charge is -2.78. The summed E-state index contributed by atoms with van der Waals surface area (Å²) in [6.07, 6.45) is 20.0. The Kier molecular flexibility index (Phi) is 8.91. The van der Waals surface area contributed by atoms with Crippen LogP contribution in [-0.4, -0.2) is 56.1 Å². The maximum Gasteiger partial charge on any atom is 0.309 e. The normalized spacial score (nSPS) is 48.1. The minimum atomic E-state index is -0.809. The summed E-state index contributed by atoms with van der Waals surface area (Å²) < 4.78 is 8.79. The van der Waals surface area contributed by atoms with Crippen molar-refractivity contribution in [1.82, 2.24) is 14.5 Å². The molecule has 1 amide bonds. The molecule has 13 atom stereocenters. The van der Waals surface area contributed by atoms with Crippen LogP contribution < -0.4 is 0 Å². The fourth-order valence-corrected chi connectivity index (χ4v) is 18.1. The van der Waals surface area contributed by atoms with E-state index in [9.17, 15) is 14.7 Å². The summed E-state index contributed by atoms with van der Waals surface area (Å²) in [4.78, 5) is 48.3. The Morgan fingerprint density at radius 3 is 1.98 bits per heavy atom. The molecule has 9 rings (SSSR count). The zero-order valence-electron chi connectivity index (χ0n) is 38.1. The molecule has 0 radical (unpaired) electrons. The fourth-order valence-electron chi connectivity index (χ4n) is 18.1. The number of likely N-dealkylation sites (tertiary alicyclic amines) is 1. The van der Waals surface area contributed by atoms with E-state index < -0.39 is 17.3 Å². The number of ether oxygens (including phenoxy) is 1. The lowest BCUT2D eigenvalue weighted by molar-refractivity contribution is -0.305. The number of carboxylic acid groups (broad SMARTS) is 1. The molecule has 0 aromatic carbocycles. The number of aliphatic carboxylic acids is 1. The van der Waals surface area contributed by atoms with Crippen molar-refractivity contribution in [3.63, 3.8) is 0 Å². The number of imidazole rings is 1. The second-order valence-corrected chi connectivity index (χ2v) is 24.5. The zero-order chi connectivity index (χ0) is 41.9. The van der Waals surface area contributed by atoms with E-state index in [1.807, 2.05) is 20.0 Å². The van der Waals surface area contributed by atoms with Crippen LogP contribution >= 0.6 is 0 Å². The number of hydrogen-bond acceptors (Lipinski definition) is 5. The minimum absolute atomic E-state index is 0.0391. The van der Waals surface area contributed by atoms with Crippen molar-refractivity contribution in [1.29, 1.82) is 0 Å². The Balaban J connectivity index is 1.02. The predicted molar refractivity (Wildman–Crippen MR) is 225 cm³/mol. The largest absolute Gasteiger partial charge is 0.481 e. The minimum Gasteiger partial charge on any atom is -0.481 e. The first kappa shape index (κ1) is 41.0. The van der Waals surface area contributed by atoms with Gasteiger partial charge in [0, 0.05) is 36.9 Å². The average molecular weight is 800 g/mol. The molecule has 8 fully saturated rings. The number of fused-ring (bicyclic) bond motifs is 7. The molecule has 2 heterocycles. The highest BCUT2D eigenvalue weighted by Gasteiger charge is 2.80. The first-order valence-electron chi connectivity index (χ1n) is 23.7. The molecule has 8 aliphatic rings. The van der Waals surface area contributed by atoms with E-state index in [0.29, 0.717) is 35.5 Å².